The summed E-state index contributed by atoms with van der Waals surface area (Å²) in [5, 5.41) is 3.99. The third kappa shape index (κ3) is 1.82. The Morgan fingerprint density at radius 1 is 1.80 bits per heavy atom. The number of rotatable bonds is 3. The highest BCUT2D eigenvalue weighted by Crippen LogP contribution is 1.93. The van der Waals surface area contributed by atoms with Gasteiger partial charge in [-0.3, -0.25) is 4.68 Å². The van der Waals surface area contributed by atoms with Gasteiger partial charge in [-0.15, -0.1) is 0 Å². The average molecular weight is 141 g/mol. The molecule has 4 heteroatoms. The van der Waals surface area contributed by atoms with Crippen molar-refractivity contribution in [3.63, 3.8) is 0 Å². The molecule has 0 saturated carbocycles. The molecule has 1 rings (SSSR count). The van der Waals surface area contributed by atoms with Crippen molar-refractivity contribution in [2.45, 2.75) is 6.54 Å². The van der Waals surface area contributed by atoms with E-state index in [1.807, 2.05) is 13.2 Å². The molecule has 0 unspecified atom stereocenters. The Morgan fingerprint density at radius 3 is 3.10 bits per heavy atom. The van der Waals surface area contributed by atoms with E-state index in [9.17, 15) is 0 Å². The fourth-order valence-electron chi connectivity index (χ4n) is 0.719. The minimum atomic E-state index is 0.699. The summed E-state index contributed by atoms with van der Waals surface area (Å²) in [5.41, 5.74) is 3.84. The first-order chi connectivity index (χ1) is 4.83. The molecule has 0 amide bonds. The predicted octanol–water partition coefficient (Wildman–Crippen LogP) is 0.0711. The van der Waals surface area contributed by atoms with Crippen molar-refractivity contribution in [2.75, 3.05) is 7.11 Å². The van der Waals surface area contributed by atoms with Gasteiger partial charge in [0.1, 0.15) is 0 Å². The van der Waals surface area contributed by atoms with Crippen LogP contribution in [0.25, 0.3) is 0 Å². The van der Waals surface area contributed by atoms with E-state index in [1.165, 1.54) is 0 Å². The molecule has 1 aromatic heterocycles. The van der Waals surface area contributed by atoms with Gasteiger partial charge in [0.05, 0.1) is 13.3 Å². The fourth-order valence-corrected chi connectivity index (χ4v) is 0.719. The standard InChI is InChI=1S/C6H11N3O/c1-9-5-6(3-7-9)4-8-10-2/h3,5,8H,4H2,1-2H3. The molecular formula is C6H11N3O. The summed E-state index contributed by atoms with van der Waals surface area (Å²) in [6.45, 7) is 0.699. The lowest BCUT2D eigenvalue weighted by molar-refractivity contribution is 0.0867. The summed E-state index contributed by atoms with van der Waals surface area (Å²) < 4.78 is 1.76. The van der Waals surface area contributed by atoms with Gasteiger partial charge in [0, 0.05) is 25.4 Å². The minimum Gasteiger partial charge on any atom is -0.305 e. The van der Waals surface area contributed by atoms with Crippen LogP contribution in [-0.4, -0.2) is 16.9 Å². The van der Waals surface area contributed by atoms with Gasteiger partial charge in [0.15, 0.2) is 0 Å². The molecule has 1 aromatic rings. The molecule has 0 saturated heterocycles. The van der Waals surface area contributed by atoms with E-state index in [2.05, 4.69) is 15.4 Å². The van der Waals surface area contributed by atoms with Crippen LogP contribution in [0, 0.1) is 0 Å². The molecule has 0 fully saturated rings. The van der Waals surface area contributed by atoms with Crippen molar-refractivity contribution >= 4 is 0 Å². The number of hydrogen-bond acceptors (Lipinski definition) is 3. The maximum Gasteiger partial charge on any atom is 0.0572 e. The molecule has 0 bridgehead atoms. The second kappa shape index (κ2) is 3.34. The van der Waals surface area contributed by atoms with Crippen LogP contribution < -0.4 is 5.48 Å². The Hall–Kier alpha value is -0.870. The summed E-state index contributed by atoms with van der Waals surface area (Å²) >= 11 is 0. The van der Waals surface area contributed by atoms with Crippen LogP contribution in [0.1, 0.15) is 5.56 Å². The van der Waals surface area contributed by atoms with Gasteiger partial charge in [-0.25, -0.2) is 0 Å². The highest BCUT2D eigenvalue weighted by atomic mass is 16.6. The average Bonchev–Trinajstić information content (AvgIpc) is 2.31. The Kier molecular flexibility index (Phi) is 2.42. The molecule has 0 spiro atoms. The lowest BCUT2D eigenvalue weighted by Gasteiger charge is -1.95. The van der Waals surface area contributed by atoms with Crippen molar-refractivity contribution in [3.8, 4) is 0 Å². The Bertz CT molecular complexity index is 197. The van der Waals surface area contributed by atoms with Crippen LogP contribution in [0.5, 0.6) is 0 Å². The first-order valence-electron chi connectivity index (χ1n) is 3.06. The molecule has 0 aliphatic heterocycles. The zero-order chi connectivity index (χ0) is 7.40. The number of nitrogens with zero attached hydrogens (tertiary/aromatic N) is 2. The van der Waals surface area contributed by atoms with E-state index in [-0.39, 0.29) is 0 Å². The van der Waals surface area contributed by atoms with Crippen LogP contribution in [0.3, 0.4) is 0 Å². The molecule has 0 aliphatic carbocycles. The van der Waals surface area contributed by atoms with Gasteiger partial charge < -0.3 is 4.84 Å². The van der Waals surface area contributed by atoms with Crippen LogP contribution in [0.4, 0.5) is 0 Å². The summed E-state index contributed by atoms with van der Waals surface area (Å²) in [6.07, 6.45) is 3.73. The molecule has 0 radical (unpaired) electrons. The van der Waals surface area contributed by atoms with Crippen LogP contribution in [0.15, 0.2) is 12.4 Å². The quantitative estimate of drug-likeness (QED) is 0.605. The fraction of sp³-hybridized carbons (Fsp3) is 0.500. The molecule has 0 aliphatic rings. The number of aromatic nitrogens is 2. The SMILES string of the molecule is CONCc1cnn(C)c1. The molecule has 0 aromatic carbocycles. The third-order valence-electron chi connectivity index (χ3n) is 1.18. The van der Waals surface area contributed by atoms with Crippen LogP contribution >= 0.6 is 0 Å². The summed E-state index contributed by atoms with van der Waals surface area (Å²) in [5.74, 6) is 0. The van der Waals surface area contributed by atoms with Gasteiger partial charge in [0.2, 0.25) is 0 Å². The predicted molar refractivity (Wildman–Crippen MR) is 37.1 cm³/mol. The number of hydroxylamine groups is 1. The van der Waals surface area contributed by atoms with E-state index in [1.54, 1.807) is 18.0 Å². The second-order valence-corrected chi connectivity index (χ2v) is 2.05. The van der Waals surface area contributed by atoms with Crippen molar-refractivity contribution in [1.82, 2.24) is 15.3 Å². The molecule has 4 nitrogen and oxygen atoms in total. The highest BCUT2D eigenvalue weighted by molar-refractivity contribution is 5.02. The summed E-state index contributed by atoms with van der Waals surface area (Å²) in [7, 11) is 3.48. The van der Waals surface area contributed by atoms with Gasteiger partial charge >= 0.3 is 0 Å². The summed E-state index contributed by atoms with van der Waals surface area (Å²) in [6, 6.07) is 0. The molecule has 56 valence electrons. The van der Waals surface area contributed by atoms with E-state index >= 15 is 0 Å². The van der Waals surface area contributed by atoms with Crippen molar-refractivity contribution < 1.29 is 4.84 Å². The molecule has 1 heterocycles. The third-order valence-corrected chi connectivity index (χ3v) is 1.18. The van der Waals surface area contributed by atoms with Crippen LogP contribution in [-0.2, 0) is 18.4 Å². The van der Waals surface area contributed by atoms with E-state index in [4.69, 9.17) is 0 Å². The lowest BCUT2D eigenvalue weighted by Crippen LogP contribution is -2.09. The monoisotopic (exact) mass is 141 g/mol. The smallest absolute Gasteiger partial charge is 0.0572 e. The molecular weight excluding hydrogens is 130 g/mol. The Morgan fingerprint density at radius 2 is 2.60 bits per heavy atom. The molecule has 10 heavy (non-hydrogen) atoms. The number of nitrogens with one attached hydrogen (secondary N) is 1. The minimum absolute atomic E-state index is 0.699. The van der Waals surface area contributed by atoms with Crippen molar-refractivity contribution in [3.05, 3.63) is 18.0 Å². The van der Waals surface area contributed by atoms with Gasteiger partial charge in [0.25, 0.3) is 0 Å². The Balaban J connectivity index is 2.42. The maximum absolute atomic E-state index is 4.67. The maximum atomic E-state index is 4.67. The first kappa shape index (κ1) is 7.24. The van der Waals surface area contributed by atoms with E-state index in [0.717, 1.165) is 5.56 Å². The van der Waals surface area contributed by atoms with Gasteiger partial charge in [-0.05, 0) is 0 Å². The normalized spacial score (nSPS) is 10.2. The number of hydrogen-bond donors (Lipinski definition) is 1. The Labute approximate surface area is 59.8 Å². The largest absolute Gasteiger partial charge is 0.305 e. The van der Waals surface area contributed by atoms with E-state index < -0.39 is 0 Å². The zero-order valence-corrected chi connectivity index (χ0v) is 6.16. The van der Waals surface area contributed by atoms with Crippen LogP contribution in [0.2, 0.25) is 0 Å². The van der Waals surface area contributed by atoms with Gasteiger partial charge in [-0.1, -0.05) is 0 Å². The second-order valence-electron chi connectivity index (χ2n) is 2.05. The highest BCUT2D eigenvalue weighted by Gasteiger charge is 1.92. The first-order valence-corrected chi connectivity index (χ1v) is 3.06. The molecule has 0 atom stereocenters. The number of aryl methyl sites for hydroxylation is 1. The van der Waals surface area contributed by atoms with Gasteiger partial charge in [-0.2, -0.15) is 10.6 Å². The topological polar surface area (TPSA) is 39.1 Å². The zero-order valence-electron chi connectivity index (χ0n) is 6.16. The van der Waals surface area contributed by atoms with E-state index in [0.29, 0.717) is 6.54 Å². The molecule has 1 N–H and O–H groups in total. The van der Waals surface area contributed by atoms with Crippen molar-refractivity contribution in [1.29, 1.82) is 0 Å². The lowest BCUT2D eigenvalue weighted by atomic mass is 10.4. The summed E-state index contributed by atoms with van der Waals surface area (Å²) in [4.78, 5) is 4.67. The van der Waals surface area contributed by atoms with Crippen molar-refractivity contribution in [2.24, 2.45) is 7.05 Å².